The lowest BCUT2D eigenvalue weighted by atomic mass is 9.87. The number of carboxylic acids is 1. The van der Waals surface area contributed by atoms with Crippen LogP contribution in [-0.2, 0) is 18.4 Å². The fourth-order valence-corrected chi connectivity index (χ4v) is 5.08. The Balaban J connectivity index is 1.26. The average Bonchev–Trinajstić information content (AvgIpc) is 3.60. The fraction of sp³-hybridized carbons (Fsp3) is 0.583. The Morgan fingerprint density at radius 1 is 1.20 bits per heavy atom. The van der Waals surface area contributed by atoms with Gasteiger partial charge >= 0.3 is 5.97 Å². The number of rotatable bonds is 8. The molecule has 3 aromatic rings. The van der Waals surface area contributed by atoms with Crippen molar-refractivity contribution in [1.82, 2.24) is 35.0 Å². The maximum absolute atomic E-state index is 11.4. The van der Waals surface area contributed by atoms with Crippen LogP contribution in [0, 0.1) is 12.8 Å². The highest BCUT2D eigenvalue weighted by molar-refractivity contribution is 5.70. The van der Waals surface area contributed by atoms with Gasteiger partial charge in [0, 0.05) is 7.05 Å². The summed E-state index contributed by atoms with van der Waals surface area (Å²) in [7, 11) is 1.86. The molecule has 0 bridgehead atoms. The minimum Gasteiger partial charge on any atom is -0.489 e. The number of hydrogen-bond acceptors (Lipinski definition) is 8. The molecule has 0 saturated heterocycles. The van der Waals surface area contributed by atoms with Gasteiger partial charge in [-0.1, -0.05) is 18.1 Å². The van der Waals surface area contributed by atoms with Gasteiger partial charge in [-0.25, -0.2) is 9.67 Å². The lowest BCUT2D eigenvalue weighted by Gasteiger charge is -2.27. The Hall–Kier alpha value is -3.50. The molecule has 3 aromatic heterocycles. The summed E-state index contributed by atoms with van der Waals surface area (Å²) in [6.45, 7) is 2.38. The van der Waals surface area contributed by atoms with Crippen LogP contribution >= 0.6 is 0 Å². The molecule has 5 rings (SSSR count). The molecule has 2 saturated carbocycles. The highest BCUT2D eigenvalue weighted by Gasteiger charge is 2.28. The van der Waals surface area contributed by atoms with E-state index in [1.165, 1.54) is 12.8 Å². The largest absolute Gasteiger partial charge is 0.489 e. The first-order chi connectivity index (χ1) is 17.0. The lowest BCUT2D eigenvalue weighted by Crippen LogP contribution is -2.29. The van der Waals surface area contributed by atoms with Crippen LogP contribution in [0.4, 0.5) is 5.82 Å². The van der Waals surface area contributed by atoms with Crippen molar-refractivity contribution < 1.29 is 14.6 Å². The van der Waals surface area contributed by atoms with Crippen molar-refractivity contribution in [2.24, 2.45) is 13.0 Å². The third kappa shape index (κ3) is 5.13. The Bertz CT molecular complexity index is 1180. The predicted molar refractivity (Wildman–Crippen MR) is 128 cm³/mol. The van der Waals surface area contributed by atoms with Crippen LogP contribution in [0.3, 0.4) is 0 Å². The van der Waals surface area contributed by atoms with E-state index in [4.69, 9.17) is 9.72 Å². The van der Waals surface area contributed by atoms with Crippen molar-refractivity contribution in [3.05, 3.63) is 29.7 Å². The van der Waals surface area contributed by atoms with Crippen molar-refractivity contribution in [2.45, 2.75) is 77.0 Å². The van der Waals surface area contributed by atoms with Gasteiger partial charge in [0.05, 0.1) is 47.9 Å². The minimum atomic E-state index is -0.742. The summed E-state index contributed by atoms with van der Waals surface area (Å²) < 4.78 is 7.88. The highest BCUT2D eigenvalue weighted by atomic mass is 16.5. The number of hydrogen-bond donors (Lipinski definition) is 2. The van der Waals surface area contributed by atoms with E-state index in [9.17, 15) is 9.90 Å². The second-order valence-electron chi connectivity index (χ2n) is 9.57. The second kappa shape index (κ2) is 10.0. The molecule has 2 aliphatic rings. The van der Waals surface area contributed by atoms with E-state index < -0.39 is 5.97 Å². The zero-order valence-corrected chi connectivity index (χ0v) is 20.2. The van der Waals surface area contributed by atoms with Gasteiger partial charge in [-0.05, 0) is 57.6 Å². The van der Waals surface area contributed by atoms with E-state index in [0.717, 1.165) is 42.9 Å². The van der Waals surface area contributed by atoms with E-state index in [-0.39, 0.29) is 12.0 Å². The second-order valence-corrected chi connectivity index (χ2v) is 9.57. The molecule has 2 N–H and O–H groups in total. The maximum atomic E-state index is 11.4. The summed E-state index contributed by atoms with van der Waals surface area (Å²) in [6.07, 6.45) is 9.35. The first-order valence-electron chi connectivity index (χ1n) is 12.4. The highest BCUT2D eigenvalue weighted by Crippen LogP contribution is 2.31. The first-order valence-corrected chi connectivity index (χ1v) is 12.4. The SMILES string of the molecule is Cc1nc(-c2nnn(C)c2CNc2cnn(C3CCCC3)n2)ccc1O[C@H]1CCC[C@H](C(=O)O)C1. The topological polar surface area (TPSA) is 133 Å². The Morgan fingerprint density at radius 2 is 2.03 bits per heavy atom. The summed E-state index contributed by atoms with van der Waals surface area (Å²) in [5.41, 5.74) is 3.03. The van der Waals surface area contributed by atoms with Gasteiger partial charge in [-0.15, -0.1) is 10.2 Å². The molecular weight excluding hydrogens is 448 g/mol. The number of nitrogens with one attached hydrogen (secondary N) is 1. The maximum Gasteiger partial charge on any atom is 0.306 e. The molecule has 11 nitrogen and oxygen atoms in total. The molecule has 2 aliphatic carbocycles. The van der Waals surface area contributed by atoms with Gasteiger partial charge in [0.1, 0.15) is 11.4 Å². The molecule has 0 aromatic carbocycles. The molecule has 11 heteroatoms. The van der Waals surface area contributed by atoms with Gasteiger partial charge in [0.2, 0.25) is 0 Å². The van der Waals surface area contributed by atoms with E-state index in [0.29, 0.717) is 42.6 Å². The number of carbonyl (C=O) groups is 1. The van der Waals surface area contributed by atoms with Gasteiger partial charge in [-0.2, -0.15) is 9.90 Å². The number of aryl methyl sites for hydroxylation is 2. The van der Waals surface area contributed by atoms with E-state index >= 15 is 0 Å². The van der Waals surface area contributed by atoms with Gasteiger partial charge in [0.15, 0.2) is 5.82 Å². The smallest absolute Gasteiger partial charge is 0.306 e. The molecule has 0 aliphatic heterocycles. The number of ether oxygens (including phenoxy) is 1. The molecule has 0 amide bonds. The number of carboxylic acid groups (broad SMARTS) is 1. The van der Waals surface area contributed by atoms with Crippen LogP contribution in [0.1, 0.15) is 68.8 Å². The zero-order chi connectivity index (χ0) is 24.4. The summed E-state index contributed by atoms with van der Waals surface area (Å²) in [4.78, 5) is 17.9. The average molecular weight is 481 g/mol. The van der Waals surface area contributed by atoms with E-state index in [1.54, 1.807) is 10.9 Å². The molecule has 186 valence electrons. The monoisotopic (exact) mass is 480 g/mol. The molecule has 0 radical (unpaired) electrons. The number of anilines is 1. The van der Waals surface area contributed by atoms with E-state index in [2.05, 4.69) is 25.8 Å². The van der Waals surface area contributed by atoms with Crippen LogP contribution < -0.4 is 10.1 Å². The van der Waals surface area contributed by atoms with E-state index in [1.807, 2.05) is 30.9 Å². The Morgan fingerprint density at radius 3 is 2.80 bits per heavy atom. The van der Waals surface area contributed by atoms with Crippen molar-refractivity contribution in [2.75, 3.05) is 5.32 Å². The number of nitrogens with zero attached hydrogens (tertiary/aromatic N) is 7. The first kappa shape index (κ1) is 23.3. The molecule has 0 spiro atoms. The third-order valence-electron chi connectivity index (χ3n) is 7.09. The van der Waals surface area contributed by atoms with Crippen LogP contribution in [-0.4, -0.2) is 52.2 Å². The third-order valence-corrected chi connectivity index (χ3v) is 7.09. The number of aromatic nitrogens is 7. The van der Waals surface area contributed by atoms with Gasteiger partial charge in [0.25, 0.3) is 0 Å². The standard InChI is InChI=1S/C24H32N8O3/c1-15-21(35-18-9-5-6-16(12-18)24(33)34)11-10-19(27-15)23-20(31(2)30-28-23)13-25-22-14-26-32(29-22)17-7-3-4-8-17/h10-11,14,16-18H,3-9,12-13H2,1-2H3,(H,25,29)(H,33,34)/t16-,18-/m0/s1. The zero-order valence-electron chi connectivity index (χ0n) is 20.2. The number of aliphatic carboxylic acids is 1. The van der Waals surface area contributed by atoms with Crippen LogP contribution in [0.25, 0.3) is 11.4 Å². The Labute approximate surface area is 203 Å². The summed E-state index contributed by atoms with van der Waals surface area (Å²) in [5.74, 6) is 0.324. The summed E-state index contributed by atoms with van der Waals surface area (Å²) >= 11 is 0. The van der Waals surface area contributed by atoms with Crippen LogP contribution in [0.15, 0.2) is 18.3 Å². The molecule has 2 atom stereocenters. The quantitative estimate of drug-likeness (QED) is 0.497. The van der Waals surface area contributed by atoms with Crippen LogP contribution in [0.5, 0.6) is 5.75 Å². The molecule has 35 heavy (non-hydrogen) atoms. The van der Waals surface area contributed by atoms with Crippen molar-refractivity contribution in [3.8, 4) is 17.1 Å². The van der Waals surface area contributed by atoms with Crippen molar-refractivity contribution in [3.63, 3.8) is 0 Å². The minimum absolute atomic E-state index is 0.106. The molecular formula is C24H32N8O3. The fourth-order valence-electron chi connectivity index (χ4n) is 5.08. The normalized spacial score (nSPS) is 20.7. The molecule has 0 unspecified atom stereocenters. The summed E-state index contributed by atoms with van der Waals surface area (Å²) in [6, 6.07) is 4.17. The van der Waals surface area contributed by atoms with Crippen LogP contribution in [0.2, 0.25) is 0 Å². The molecule has 2 fully saturated rings. The van der Waals surface area contributed by atoms with Gasteiger partial charge in [-0.3, -0.25) is 4.79 Å². The van der Waals surface area contributed by atoms with Gasteiger partial charge < -0.3 is 15.2 Å². The number of pyridine rings is 1. The van der Waals surface area contributed by atoms with Crippen molar-refractivity contribution in [1.29, 1.82) is 0 Å². The summed E-state index contributed by atoms with van der Waals surface area (Å²) in [5, 5.41) is 30.3. The van der Waals surface area contributed by atoms with Crippen molar-refractivity contribution >= 4 is 11.8 Å². The Kier molecular flexibility index (Phi) is 6.65. The molecule has 3 heterocycles. The predicted octanol–water partition coefficient (Wildman–Crippen LogP) is 3.53. The lowest BCUT2D eigenvalue weighted by molar-refractivity contribution is -0.143.